The first-order valence-electron chi connectivity index (χ1n) is 7.98. The van der Waals surface area contributed by atoms with Gasteiger partial charge in [0.15, 0.2) is 6.04 Å². The van der Waals surface area contributed by atoms with Crippen LogP contribution in [0, 0.1) is 9.81 Å². The van der Waals surface area contributed by atoms with Crippen molar-refractivity contribution in [1.82, 2.24) is 9.55 Å². The van der Waals surface area contributed by atoms with Crippen molar-refractivity contribution in [3.63, 3.8) is 0 Å². The molecule has 1 aromatic heterocycles. The molecular formula is C10H15N4O15P3. The lowest BCUT2D eigenvalue weighted by Gasteiger charge is -2.18. The second kappa shape index (κ2) is 9.62. The molecule has 0 amide bonds. The van der Waals surface area contributed by atoms with Gasteiger partial charge in [0, 0.05) is 13.2 Å². The molecule has 1 aliphatic heterocycles. The minimum absolute atomic E-state index is 0.314. The number of aryl methyl sites for hydroxylation is 1. The fraction of sp³-hybridized carbons (Fsp3) is 0.600. The molecule has 5 N–H and O–H groups in total. The molecule has 2 rings (SSSR count). The summed E-state index contributed by atoms with van der Waals surface area (Å²) in [5.74, 6) is 0. The molecule has 2 heterocycles. The highest BCUT2D eigenvalue weighted by Gasteiger charge is 2.50. The standard InChI is InChI=1S/C10H15N4O15P3/c1-14-2-4(9(15)11-10(14)16)8-7(13-18)6(12-17)5(27-8)3-26-31(22,23)29-32(24,25)28-30(19,20)21/h2,5-8H,3H2,1H3,(H,22,23)(H,24,25)(H,11,15,16)(H2,19,20,21). The molecule has 19 nitrogen and oxygen atoms in total. The lowest BCUT2D eigenvalue weighted by atomic mass is 10.00. The van der Waals surface area contributed by atoms with Crippen LogP contribution in [0.15, 0.2) is 26.1 Å². The fourth-order valence-corrected chi connectivity index (χ4v) is 5.68. The van der Waals surface area contributed by atoms with Crippen molar-refractivity contribution in [3.05, 3.63) is 42.4 Å². The Morgan fingerprint density at radius 1 is 1.06 bits per heavy atom. The second-order valence-electron chi connectivity index (χ2n) is 6.13. The molecular weight excluding hydrogens is 509 g/mol. The number of aromatic nitrogens is 2. The van der Waals surface area contributed by atoms with Gasteiger partial charge in [-0.1, -0.05) is 10.4 Å². The molecule has 0 spiro atoms. The zero-order valence-corrected chi connectivity index (χ0v) is 18.2. The topological polar surface area (TPSA) is 283 Å². The van der Waals surface area contributed by atoms with Gasteiger partial charge in [0.25, 0.3) is 5.56 Å². The fourth-order valence-electron chi connectivity index (χ4n) is 2.65. The number of ether oxygens (including phenoxy) is 1. The van der Waals surface area contributed by atoms with Crippen molar-refractivity contribution in [3.8, 4) is 0 Å². The highest BCUT2D eigenvalue weighted by molar-refractivity contribution is 7.66. The molecule has 1 aliphatic rings. The van der Waals surface area contributed by atoms with Gasteiger partial charge in [0.1, 0.15) is 18.2 Å². The van der Waals surface area contributed by atoms with Gasteiger partial charge >= 0.3 is 29.2 Å². The molecule has 6 unspecified atom stereocenters. The number of rotatable bonds is 10. The van der Waals surface area contributed by atoms with Crippen LogP contribution in [0.4, 0.5) is 0 Å². The predicted molar refractivity (Wildman–Crippen MR) is 98.9 cm³/mol. The smallest absolute Gasteiger partial charge is 0.363 e. The largest absolute Gasteiger partial charge is 0.490 e. The molecule has 0 radical (unpaired) electrons. The van der Waals surface area contributed by atoms with Crippen LogP contribution in [0.3, 0.4) is 0 Å². The highest BCUT2D eigenvalue weighted by atomic mass is 31.3. The number of phosphoric acid groups is 3. The molecule has 6 atom stereocenters. The van der Waals surface area contributed by atoms with Crippen molar-refractivity contribution < 1.29 is 51.2 Å². The number of hydrogen-bond donors (Lipinski definition) is 5. The molecule has 0 aromatic carbocycles. The number of nitroso groups, excluding NO2 is 2. The zero-order valence-electron chi connectivity index (χ0n) is 15.6. The van der Waals surface area contributed by atoms with E-state index in [1.807, 2.05) is 4.98 Å². The van der Waals surface area contributed by atoms with Crippen molar-refractivity contribution >= 4 is 23.5 Å². The van der Waals surface area contributed by atoms with E-state index in [-0.39, 0.29) is 5.56 Å². The van der Waals surface area contributed by atoms with Gasteiger partial charge in [-0.25, -0.2) is 18.5 Å². The minimum Gasteiger partial charge on any atom is -0.363 e. The van der Waals surface area contributed by atoms with Crippen LogP contribution >= 0.6 is 23.5 Å². The Morgan fingerprint density at radius 3 is 2.19 bits per heavy atom. The third-order valence-corrected chi connectivity index (χ3v) is 7.67. The van der Waals surface area contributed by atoms with Gasteiger partial charge in [0.05, 0.1) is 12.2 Å². The number of nitrogens with zero attached hydrogens (tertiary/aromatic N) is 3. The van der Waals surface area contributed by atoms with Crippen molar-refractivity contribution in [2.45, 2.75) is 24.3 Å². The molecule has 180 valence electrons. The summed E-state index contributed by atoms with van der Waals surface area (Å²) in [5, 5.41) is 5.28. The molecule has 1 fully saturated rings. The third kappa shape index (κ3) is 6.63. The van der Waals surface area contributed by atoms with Crippen molar-refractivity contribution in [2.75, 3.05) is 6.61 Å². The molecule has 0 bridgehead atoms. The summed E-state index contributed by atoms with van der Waals surface area (Å²) in [5.41, 5.74) is -2.10. The average Bonchev–Trinajstić information content (AvgIpc) is 2.97. The normalized spacial score (nSPS) is 27.4. The van der Waals surface area contributed by atoms with Gasteiger partial charge in [-0.15, -0.1) is 0 Å². The number of aromatic amines is 1. The number of phosphoric ester groups is 1. The first kappa shape index (κ1) is 26.5. The van der Waals surface area contributed by atoms with E-state index >= 15 is 0 Å². The quantitative estimate of drug-likeness (QED) is 0.184. The number of H-pyrrole nitrogens is 1. The Bertz CT molecular complexity index is 1140. The van der Waals surface area contributed by atoms with Crippen LogP contribution in [0.25, 0.3) is 0 Å². The maximum absolute atomic E-state index is 12.1. The summed E-state index contributed by atoms with van der Waals surface area (Å²) in [6.45, 7) is -1.10. The van der Waals surface area contributed by atoms with E-state index in [4.69, 9.17) is 19.4 Å². The van der Waals surface area contributed by atoms with Crippen LogP contribution in [0.1, 0.15) is 11.7 Å². The van der Waals surface area contributed by atoms with E-state index in [1.165, 1.54) is 7.05 Å². The summed E-state index contributed by atoms with van der Waals surface area (Å²) in [6, 6.07) is -3.32. The molecule has 1 aromatic rings. The summed E-state index contributed by atoms with van der Waals surface area (Å²) in [6.07, 6.45) is -2.17. The Hall–Kier alpha value is -1.75. The highest BCUT2D eigenvalue weighted by Crippen LogP contribution is 2.66. The van der Waals surface area contributed by atoms with Gasteiger partial charge in [0.2, 0.25) is 0 Å². The van der Waals surface area contributed by atoms with Crippen LogP contribution in [0.5, 0.6) is 0 Å². The lowest BCUT2D eigenvalue weighted by Crippen LogP contribution is -2.34. The van der Waals surface area contributed by atoms with Crippen LogP contribution < -0.4 is 11.2 Å². The molecule has 32 heavy (non-hydrogen) atoms. The van der Waals surface area contributed by atoms with Gasteiger partial charge < -0.3 is 28.9 Å². The summed E-state index contributed by atoms with van der Waals surface area (Å²) < 4.78 is 51.4. The SMILES string of the molecule is Cn1cc(C2OC(COP(=O)(O)OP(=O)(O)OP(=O)(O)O)C(N=O)C2N=O)c(=O)[nH]c1=O. The second-order valence-corrected chi connectivity index (χ2v) is 10.5. The van der Waals surface area contributed by atoms with Crippen LogP contribution in [-0.2, 0) is 38.6 Å². The molecule has 0 aliphatic carbocycles. The van der Waals surface area contributed by atoms with Gasteiger partial charge in [-0.3, -0.25) is 14.3 Å². The Balaban J connectivity index is 2.22. The van der Waals surface area contributed by atoms with Crippen molar-refractivity contribution in [2.24, 2.45) is 17.4 Å². The monoisotopic (exact) mass is 524 g/mol. The maximum Gasteiger partial charge on any atom is 0.490 e. The van der Waals surface area contributed by atoms with Crippen molar-refractivity contribution in [1.29, 1.82) is 0 Å². The number of hydrogen-bond acceptors (Lipinski definition) is 13. The number of nitrogens with one attached hydrogen (secondary N) is 1. The van der Waals surface area contributed by atoms with E-state index in [2.05, 4.69) is 23.5 Å². The maximum atomic E-state index is 12.1. The molecule has 1 saturated heterocycles. The van der Waals surface area contributed by atoms with Crippen LogP contribution in [0.2, 0.25) is 0 Å². The Labute approximate surface area is 175 Å². The lowest BCUT2D eigenvalue weighted by molar-refractivity contribution is 0.00411. The van der Waals surface area contributed by atoms with Gasteiger partial charge in [-0.05, 0) is 0 Å². The zero-order chi connectivity index (χ0) is 24.5. The molecule has 0 saturated carbocycles. The van der Waals surface area contributed by atoms with E-state index in [0.717, 1.165) is 10.8 Å². The predicted octanol–water partition coefficient (Wildman–Crippen LogP) is -0.873. The first-order chi connectivity index (χ1) is 14.6. The summed E-state index contributed by atoms with van der Waals surface area (Å²) >= 11 is 0. The average molecular weight is 524 g/mol. The first-order valence-corrected chi connectivity index (χ1v) is 12.5. The Morgan fingerprint density at radius 2 is 1.66 bits per heavy atom. The third-order valence-electron chi connectivity index (χ3n) is 3.87. The summed E-state index contributed by atoms with van der Waals surface area (Å²) in [7, 11) is -15.7. The van der Waals surface area contributed by atoms with E-state index in [0.29, 0.717) is 0 Å². The van der Waals surface area contributed by atoms with Gasteiger partial charge in [-0.2, -0.15) is 18.4 Å². The van der Waals surface area contributed by atoms with E-state index in [9.17, 15) is 38.0 Å². The molecule has 22 heteroatoms. The van der Waals surface area contributed by atoms with E-state index in [1.54, 1.807) is 0 Å². The van der Waals surface area contributed by atoms with Crippen LogP contribution in [-0.4, -0.2) is 53.9 Å². The van der Waals surface area contributed by atoms with E-state index < -0.39 is 65.6 Å². The Kier molecular flexibility index (Phi) is 7.97. The summed E-state index contributed by atoms with van der Waals surface area (Å²) in [4.78, 5) is 83.5. The minimum atomic E-state index is -5.79.